The highest BCUT2D eigenvalue weighted by atomic mass is 32.2. The third-order valence-electron chi connectivity index (χ3n) is 2.46. The van der Waals surface area contributed by atoms with Gasteiger partial charge < -0.3 is 0 Å². The van der Waals surface area contributed by atoms with Gasteiger partial charge in [-0.2, -0.15) is 11.8 Å². The fourth-order valence-electron chi connectivity index (χ4n) is 1.57. The van der Waals surface area contributed by atoms with Crippen LogP contribution >= 0.6 is 11.8 Å². The Morgan fingerprint density at radius 1 is 1.29 bits per heavy atom. The molecule has 0 aliphatic carbocycles. The van der Waals surface area contributed by atoms with Gasteiger partial charge in [0.05, 0.1) is 0 Å². The van der Waals surface area contributed by atoms with Gasteiger partial charge in [-0.25, -0.2) is 0 Å². The maximum absolute atomic E-state index is 11.6. The molecule has 0 amide bonds. The summed E-state index contributed by atoms with van der Waals surface area (Å²) in [4.78, 5) is 11.6. The molecule has 1 fully saturated rings. The molecule has 0 aromatic carbocycles. The van der Waals surface area contributed by atoms with Gasteiger partial charge in [0.2, 0.25) is 0 Å². The Balaban J connectivity index is 2.06. The molecular weight excluding hydrogens is 212 g/mol. The average molecular weight is 233 g/mol. The fraction of sp³-hybridized carbons (Fsp3) is 0.909. The molecule has 0 unspecified atom stereocenters. The summed E-state index contributed by atoms with van der Waals surface area (Å²) in [5.74, 6) is 6.57. The van der Waals surface area contributed by atoms with E-state index in [1.165, 1.54) is 35.9 Å². The Bertz CT molecular complexity index is 165. The number of ketones is 1. The van der Waals surface area contributed by atoms with Crippen LogP contribution in [0, 0.1) is 0 Å². The molecule has 14 heavy (non-hydrogen) atoms. The highest BCUT2D eigenvalue weighted by Gasteiger charge is 2.24. The number of carbonyl (C=O) groups excluding carboxylic acids is 1. The Kier molecular flexibility index (Phi) is 6.78. The van der Waals surface area contributed by atoms with Crippen molar-refractivity contribution in [2.24, 2.45) is 0 Å². The van der Waals surface area contributed by atoms with E-state index in [1.807, 2.05) is 11.8 Å². The van der Waals surface area contributed by atoms with Crippen molar-refractivity contribution in [1.29, 1.82) is 0 Å². The summed E-state index contributed by atoms with van der Waals surface area (Å²) in [6.45, 7) is 2.19. The van der Waals surface area contributed by atoms with Crippen molar-refractivity contribution in [2.75, 3.05) is 28.8 Å². The van der Waals surface area contributed by atoms with Crippen molar-refractivity contribution < 1.29 is 4.79 Å². The molecule has 82 valence electrons. The highest BCUT2D eigenvalue weighted by molar-refractivity contribution is 8.05. The molecule has 0 aromatic rings. The number of rotatable bonds is 6. The number of hydrogen-bond acceptors (Lipinski definition) is 2. The lowest BCUT2D eigenvalue weighted by atomic mass is 10.2. The minimum atomic E-state index is 0.449. The summed E-state index contributed by atoms with van der Waals surface area (Å²) < 4.78 is 0. The zero-order chi connectivity index (χ0) is 10.2. The van der Waals surface area contributed by atoms with Crippen LogP contribution in [-0.2, 0) is 15.7 Å². The molecule has 1 aliphatic heterocycles. The topological polar surface area (TPSA) is 17.1 Å². The second-order valence-corrected chi connectivity index (χ2v) is 7.33. The number of thioether (sulfide) groups is 1. The molecule has 0 aromatic heterocycles. The van der Waals surface area contributed by atoms with E-state index in [0.717, 1.165) is 18.6 Å². The predicted octanol–water partition coefficient (Wildman–Crippen LogP) is 2.50. The maximum Gasteiger partial charge on any atom is 0.181 e. The van der Waals surface area contributed by atoms with Crippen LogP contribution in [0.1, 0.15) is 32.6 Å². The first-order valence-electron chi connectivity index (χ1n) is 5.56. The molecule has 0 bridgehead atoms. The van der Waals surface area contributed by atoms with Crippen LogP contribution in [0.5, 0.6) is 0 Å². The summed E-state index contributed by atoms with van der Waals surface area (Å²) >= 11 is 2.04. The second kappa shape index (κ2) is 7.63. The maximum atomic E-state index is 11.6. The number of carbonyl (C=O) groups is 1. The fourth-order valence-corrected chi connectivity index (χ4v) is 5.70. The SMILES string of the molecule is CCCCCC(=O)C[S+]1CCSCC1. The average Bonchev–Trinajstić information content (AvgIpc) is 2.20. The highest BCUT2D eigenvalue weighted by Crippen LogP contribution is 2.14. The van der Waals surface area contributed by atoms with E-state index in [4.69, 9.17) is 0 Å². The summed E-state index contributed by atoms with van der Waals surface area (Å²) in [6.07, 6.45) is 4.39. The van der Waals surface area contributed by atoms with Crippen LogP contribution in [0.2, 0.25) is 0 Å². The van der Waals surface area contributed by atoms with E-state index >= 15 is 0 Å². The van der Waals surface area contributed by atoms with E-state index in [1.54, 1.807) is 0 Å². The molecule has 1 nitrogen and oxygen atoms in total. The smallest absolute Gasteiger partial charge is 0.181 e. The second-order valence-electron chi connectivity index (χ2n) is 3.77. The van der Waals surface area contributed by atoms with E-state index in [9.17, 15) is 4.79 Å². The van der Waals surface area contributed by atoms with Gasteiger partial charge in [0.25, 0.3) is 0 Å². The monoisotopic (exact) mass is 233 g/mol. The minimum Gasteiger partial charge on any atom is -0.294 e. The summed E-state index contributed by atoms with van der Waals surface area (Å²) in [7, 11) is 0.449. The van der Waals surface area contributed by atoms with Gasteiger partial charge in [-0.15, -0.1) is 0 Å². The Labute approximate surface area is 94.8 Å². The molecule has 1 aliphatic rings. The molecule has 0 atom stereocenters. The molecular formula is C11H21OS2+. The lowest BCUT2D eigenvalue weighted by molar-refractivity contribution is -0.116. The summed E-state index contributed by atoms with van der Waals surface area (Å²) in [5.41, 5.74) is 0. The van der Waals surface area contributed by atoms with Crippen LogP contribution in [-0.4, -0.2) is 34.5 Å². The lowest BCUT2D eigenvalue weighted by Crippen LogP contribution is -2.27. The first kappa shape index (κ1) is 12.4. The summed E-state index contributed by atoms with van der Waals surface area (Å²) in [5, 5.41) is 0. The van der Waals surface area contributed by atoms with E-state index in [0.29, 0.717) is 16.7 Å². The van der Waals surface area contributed by atoms with Gasteiger partial charge in [0, 0.05) is 17.9 Å². The van der Waals surface area contributed by atoms with Crippen LogP contribution in [0.15, 0.2) is 0 Å². The van der Waals surface area contributed by atoms with Crippen LogP contribution in [0.3, 0.4) is 0 Å². The van der Waals surface area contributed by atoms with Gasteiger partial charge in [-0.1, -0.05) is 19.8 Å². The van der Waals surface area contributed by atoms with Crippen molar-refractivity contribution in [3.63, 3.8) is 0 Å². The Hall–Kier alpha value is 0.370. The summed E-state index contributed by atoms with van der Waals surface area (Å²) in [6, 6.07) is 0. The van der Waals surface area contributed by atoms with Crippen LogP contribution < -0.4 is 0 Å². The van der Waals surface area contributed by atoms with Crippen molar-refractivity contribution in [2.45, 2.75) is 32.6 Å². The molecule has 0 N–H and O–H groups in total. The third kappa shape index (κ3) is 5.30. The zero-order valence-corrected chi connectivity index (χ0v) is 10.7. The van der Waals surface area contributed by atoms with E-state index in [2.05, 4.69) is 6.92 Å². The molecule has 1 rings (SSSR count). The minimum absolute atomic E-state index is 0.449. The van der Waals surface area contributed by atoms with Crippen molar-refractivity contribution in [1.82, 2.24) is 0 Å². The first-order valence-corrected chi connectivity index (χ1v) is 8.45. The third-order valence-corrected chi connectivity index (χ3v) is 6.25. The number of unbranched alkanes of at least 4 members (excludes halogenated alkanes) is 2. The molecule has 0 saturated carbocycles. The quantitative estimate of drug-likeness (QED) is 0.518. The van der Waals surface area contributed by atoms with E-state index < -0.39 is 0 Å². The van der Waals surface area contributed by atoms with Gasteiger partial charge in [0.1, 0.15) is 11.5 Å². The van der Waals surface area contributed by atoms with E-state index in [-0.39, 0.29) is 0 Å². The molecule has 0 radical (unpaired) electrons. The first-order chi connectivity index (χ1) is 6.83. The van der Waals surface area contributed by atoms with Gasteiger partial charge in [-0.3, -0.25) is 4.79 Å². The largest absolute Gasteiger partial charge is 0.294 e. The van der Waals surface area contributed by atoms with Crippen LogP contribution in [0.25, 0.3) is 0 Å². The molecule has 3 heteroatoms. The molecule has 1 saturated heterocycles. The van der Waals surface area contributed by atoms with Gasteiger partial charge in [-0.05, 0) is 17.3 Å². The standard InChI is InChI=1S/C11H21OS2/c1-2-3-4-5-11(12)10-14-8-6-13-7-9-14/h2-10H2,1H3/q+1. The lowest BCUT2D eigenvalue weighted by Gasteiger charge is -2.12. The zero-order valence-electron chi connectivity index (χ0n) is 9.09. The number of Topliss-reactive ketones (excluding diaryl/α,β-unsaturated/α-hetero) is 1. The predicted molar refractivity (Wildman–Crippen MR) is 68.4 cm³/mol. The van der Waals surface area contributed by atoms with Crippen LogP contribution in [0.4, 0.5) is 0 Å². The van der Waals surface area contributed by atoms with Crippen molar-refractivity contribution in [3.8, 4) is 0 Å². The number of hydrogen-bond donors (Lipinski definition) is 0. The van der Waals surface area contributed by atoms with Crippen molar-refractivity contribution in [3.05, 3.63) is 0 Å². The molecule has 0 spiro atoms. The molecule has 1 heterocycles. The Morgan fingerprint density at radius 2 is 2.00 bits per heavy atom. The normalized spacial score (nSPS) is 18.4. The Morgan fingerprint density at radius 3 is 2.64 bits per heavy atom. The van der Waals surface area contributed by atoms with Gasteiger partial charge >= 0.3 is 0 Å². The van der Waals surface area contributed by atoms with Crippen molar-refractivity contribution >= 4 is 28.4 Å². The van der Waals surface area contributed by atoms with Gasteiger partial charge in [0.15, 0.2) is 11.5 Å².